The Bertz CT molecular complexity index is 962. The van der Waals surface area contributed by atoms with Gasteiger partial charge in [-0.2, -0.15) is 0 Å². The lowest BCUT2D eigenvalue weighted by molar-refractivity contribution is 0.114. The first kappa shape index (κ1) is 17.4. The average Bonchev–Trinajstić information content (AvgIpc) is 3.15. The third-order valence-corrected chi connectivity index (χ3v) is 6.23. The number of fused-ring (bicyclic) bond motifs is 2. The summed E-state index contributed by atoms with van der Waals surface area (Å²) in [6.45, 7) is 8.63. The van der Waals surface area contributed by atoms with Gasteiger partial charge in [-0.1, -0.05) is 59.7 Å². The molecule has 28 heavy (non-hydrogen) atoms. The molecular weight excluding hydrogens is 344 g/mol. The number of aryl methyl sites for hydroxylation is 2. The molecule has 2 heterocycles. The van der Waals surface area contributed by atoms with Gasteiger partial charge in [0, 0.05) is 24.0 Å². The molecule has 0 N–H and O–H groups in total. The normalized spacial score (nSPS) is 25.0. The van der Waals surface area contributed by atoms with Crippen LogP contribution in [0.2, 0.25) is 0 Å². The van der Waals surface area contributed by atoms with Crippen molar-refractivity contribution < 1.29 is 9.47 Å². The van der Waals surface area contributed by atoms with Gasteiger partial charge in [-0.25, -0.2) is 0 Å². The monoisotopic (exact) mass is 370 g/mol. The van der Waals surface area contributed by atoms with Crippen molar-refractivity contribution in [2.24, 2.45) is 0 Å². The summed E-state index contributed by atoms with van der Waals surface area (Å²) in [5.41, 5.74) is 6.82. The fourth-order valence-corrected chi connectivity index (χ4v) is 4.66. The van der Waals surface area contributed by atoms with Gasteiger partial charge < -0.3 is 9.47 Å². The van der Waals surface area contributed by atoms with Crippen molar-refractivity contribution in [3.05, 3.63) is 94.0 Å². The van der Waals surface area contributed by atoms with E-state index in [0.717, 1.165) is 24.3 Å². The van der Waals surface area contributed by atoms with Crippen LogP contribution in [0.4, 0.5) is 0 Å². The molecule has 0 saturated carbocycles. The van der Waals surface area contributed by atoms with Crippen LogP contribution in [0.25, 0.3) is 0 Å². The van der Waals surface area contributed by atoms with Gasteiger partial charge in [0.05, 0.1) is 0 Å². The highest BCUT2D eigenvalue weighted by molar-refractivity contribution is 5.54. The highest BCUT2D eigenvalue weighted by atomic mass is 16.5. The largest absolute Gasteiger partial charge is 0.482 e. The van der Waals surface area contributed by atoms with Gasteiger partial charge in [-0.15, -0.1) is 0 Å². The lowest BCUT2D eigenvalue weighted by Crippen LogP contribution is -2.27. The zero-order chi connectivity index (χ0) is 19.5. The van der Waals surface area contributed by atoms with Crippen LogP contribution in [-0.2, 0) is 24.0 Å². The molecule has 2 atom stereocenters. The Kier molecular flexibility index (Phi) is 3.64. The molecule has 0 saturated heterocycles. The molecule has 0 aromatic heterocycles. The number of hydrogen-bond donors (Lipinski definition) is 0. The minimum atomic E-state index is -0.316. The quantitative estimate of drug-likeness (QED) is 0.550. The summed E-state index contributed by atoms with van der Waals surface area (Å²) in [5, 5.41) is 0. The topological polar surface area (TPSA) is 18.5 Å². The summed E-state index contributed by atoms with van der Waals surface area (Å²) in [5.74, 6) is 2.00. The van der Waals surface area contributed by atoms with Crippen LogP contribution in [0.15, 0.2) is 60.7 Å². The minimum absolute atomic E-state index is 0.316. The molecule has 2 aliphatic rings. The first-order chi connectivity index (χ1) is 13.3. The van der Waals surface area contributed by atoms with Gasteiger partial charge in [0.25, 0.3) is 0 Å². The van der Waals surface area contributed by atoms with E-state index in [1.807, 2.05) is 0 Å². The maximum Gasteiger partial charge on any atom is 0.135 e. The third-order valence-electron chi connectivity index (χ3n) is 6.23. The maximum atomic E-state index is 6.50. The van der Waals surface area contributed by atoms with E-state index in [4.69, 9.17) is 9.47 Å². The van der Waals surface area contributed by atoms with Gasteiger partial charge in [0.1, 0.15) is 22.7 Å². The molecule has 0 radical (unpaired) electrons. The Morgan fingerprint density at radius 3 is 1.46 bits per heavy atom. The Hall–Kier alpha value is -2.74. The van der Waals surface area contributed by atoms with E-state index in [9.17, 15) is 0 Å². The van der Waals surface area contributed by atoms with Crippen LogP contribution in [0.3, 0.4) is 0 Å². The highest BCUT2D eigenvalue weighted by Gasteiger charge is 2.41. The van der Waals surface area contributed by atoms with E-state index < -0.39 is 0 Å². The van der Waals surface area contributed by atoms with Gasteiger partial charge in [-0.05, 0) is 51.0 Å². The van der Waals surface area contributed by atoms with Crippen LogP contribution in [0.1, 0.15) is 47.2 Å². The fraction of sp³-hybridized carbons (Fsp3) is 0.308. The predicted octanol–water partition coefficient (Wildman–Crippen LogP) is 6.00. The van der Waals surface area contributed by atoms with Gasteiger partial charge in [-0.3, -0.25) is 0 Å². The molecule has 5 rings (SSSR count). The SMILES string of the molecule is Cc1cccc([C@]2(C)Cc3cc4c(cc3O2)C[C@@](C)(c2cccc(C)c2)O4)c1. The van der Waals surface area contributed by atoms with Crippen molar-refractivity contribution in [1.82, 2.24) is 0 Å². The molecule has 2 aliphatic heterocycles. The second-order valence-corrected chi connectivity index (χ2v) is 8.83. The first-order valence-corrected chi connectivity index (χ1v) is 10.0. The van der Waals surface area contributed by atoms with Gasteiger partial charge in [0.15, 0.2) is 0 Å². The van der Waals surface area contributed by atoms with E-state index in [1.54, 1.807) is 0 Å². The van der Waals surface area contributed by atoms with Crippen molar-refractivity contribution >= 4 is 0 Å². The molecule has 3 aromatic rings. The van der Waals surface area contributed by atoms with Crippen LogP contribution >= 0.6 is 0 Å². The van der Waals surface area contributed by atoms with Crippen molar-refractivity contribution in [3.63, 3.8) is 0 Å². The lowest BCUT2D eigenvalue weighted by atomic mass is 9.89. The van der Waals surface area contributed by atoms with Crippen molar-refractivity contribution in [1.29, 1.82) is 0 Å². The molecule has 142 valence electrons. The average molecular weight is 370 g/mol. The standard InChI is InChI=1S/C26H26O2/c1-17-7-5-9-21(11-17)25(3)15-19-13-24-20(14-23(19)27-25)16-26(4,28-24)22-10-6-8-18(2)12-22/h5-14H,15-16H2,1-4H3/t25-,26-/m0/s1. The summed E-state index contributed by atoms with van der Waals surface area (Å²) >= 11 is 0. The number of ether oxygens (including phenoxy) is 2. The second kappa shape index (κ2) is 5.88. The van der Waals surface area contributed by atoms with E-state index in [1.165, 1.54) is 33.4 Å². The summed E-state index contributed by atoms with van der Waals surface area (Å²) in [7, 11) is 0. The van der Waals surface area contributed by atoms with Gasteiger partial charge >= 0.3 is 0 Å². The van der Waals surface area contributed by atoms with E-state index in [2.05, 4.69) is 88.4 Å². The highest BCUT2D eigenvalue weighted by Crippen LogP contribution is 2.49. The summed E-state index contributed by atoms with van der Waals surface area (Å²) in [6.07, 6.45) is 1.73. The van der Waals surface area contributed by atoms with Crippen LogP contribution < -0.4 is 9.47 Å². The predicted molar refractivity (Wildman–Crippen MR) is 112 cm³/mol. The number of rotatable bonds is 2. The first-order valence-electron chi connectivity index (χ1n) is 10.0. The Morgan fingerprint density at radius 1 is 0.643 bits per heavy atom. The molecule has 3 aromatic carbocycles. The summed E-state index contributed by atoms with van der Waals surface area (Å²) < 4.78 is 13.0. The fourth-order valence-electron chi connectivity index (χ4n) is 4.66. The number of benzene rings is 3. The maximum absolute atomic E-state index is 6.50. The Balaban J connectivity index is 1.46. The Morgan fingerprint density at radius 2 is 1.07 bits per heavy atom. The lowest BCUT2D eigenvalue weighted by Gasteiger charge is -2.25. The van der Waals surface area contributed by atoms with Crippen LogP contribution in [-0.4, -0.2) is 0 Å². The van der Waals surface area contributed by atoms with E-state index in [-0.39, 0.29) is 11.2 Å². The third kappa shape index (κ3) is 2.71. The smallest absolute Gasteiger partial charge is 0.135 e. The molecule has 0 spiro atoms. The zero-order valence-electron chi connectivity index (χ0n) is 17.0. The molecule has 0 fully saturated rings. The Labute approximate surface area is 167 Å². The molecular formula is C26H26O2. The zero-order valence-corrected chi connectivity index (χ0v) is 17.0. The van der Waals surface area contributed by atoms with Gasteiger partial charge in [0.2, 0.25) is 0 Å². The van der Waals surface area contributed by atoms with E-state index >= 15 is 0 Å². The molecule has 0 amide bonds. The number of hydrogen-bond acceptors (Lipinski definition) is 2. The van der Waals surface area contributed by atoms with Crippen molar-refractivity contribution in [2.75, 3.05) is 0 Å². The van der Waals surface area contributed by atoms with Crippen LogP contribution in [0.5, 0.6) is 11.5 Å². The van der Waals surface area contributed by atoms with E-state index in [0.29, 0.717) is 0 Å². The molecule has 0 bridgehead atoms. The molecule has 0 unspecified atom stereocenters. The minimum Gasteiger partial charge on any atom is -0.482 e. The molecule has 2 heteroatoms. The summed E-state index contributed by atoms with van der Waals surface area (Å²) in [4.78, 5) is 0. The summed E-state index contributed by atoms with van der Waals surface area (Å²) in [6, 6.07) is 21.7. The molecule has 2 nitrogen and oxygen atoms in total. The molecule has 0 aliphatic carbocycles. The van der Waals surface area contributed by atoms with Crippen molar-refractivity contribution in [3.8, 4) is 11.5 Å². The van der Waals surface area contributed by atoms with Crippen molar-refractivity contribution in [2.45, 2.75) is 51.7 Å². The second-order valence-electron chi connectivity index (χ2n) is 8.83. The van der Waals surface area contributed by atoms with Crippen LogP contribution in [0, 0.1) is 13.8 Å².